The summed E-state index contributed by atoms with van der Waals surface area (Å²) in [6, 6.07) is 20.7. The maximum Gasteiger partial charge on any atom is 0.261 e. The van der Waals surface area contributed by atoms with E-state index in [4.69, 9.17) is 0 Å². The molecule has 3 rings (SSSR count). The predicted molar refractivity (Wildman–Crippen MR) is 117 cm³/mol. The number of hydrogen-bond donors (Lipinski definition) is 2. The molecule has 150 valence electrons. The summed E-state index contributed by atoms with van der Waals surface area (Å²) < 4.78 is 27.4. The molecule has 3 aromatic rings. The topological polar surface area (TPSA) is 75.3 Å². The number of aryl methyl sites for hydroxylation is 1. The Kier molecular flexibility index (Phi) is 6.03. The Balaban J connectivity index is 1.67. The van der Waals surface area contributed by atoms with Gasteiger partial charge in [-0.25, -0.2) is 8.42 Å². The van der Waals surface area contributed by atoms with Gasteiger partial charge in [-0.3, -0.25) is 9.52 Å². The summed E-state index contributed by atoms with van der Waals surface area (Å²) in [7, 11) is -3.67. The fourth-order valence-electron chi connectivity index (χ4n) is 2.78. The molecule has 1 amide bonds. The van der Waals surface area contributed by atoms with E-state index in [1.807, 2.05) is 31.2 Å². The van der Waals surface area contributed by atoms with Gasteiger partial charge in [-0.1, -0.05) is 43.7 Å². The molecule has 3 aromatic carbocycles. The molecule has 0 saturated carbocycles. The van der Waals surface area contributed by atoms with E-state index in [2.05, 4.69) is 23.9 Å². The summed E-state index contributed by atoms with van der Waals surface area (Å²) in [5, 5.41) is 2.85. The Hall–Kier alpha value is -3.12. The average Bonchev–Trinajstić information content (AvgIpc) is 2.69. The normalized spacial score (nSPS) is 11.3. The molecular formula is C23H24N2O3S. The van der Waals surface area contributed by atoms with Crippen molar-refractivity contribution in [2.45, 2.75) is 31.6 Å². The number of anilines is 2. The molecule has 0 heterocycles. The average molecular weight is 409 g/mol. The van der Waals surface area contributed by atoms with Crippen LogP contribution in [0.3, 0.4) is 0 Å². The highest BCUT2D eigenvalue weighted by atomic mass is 32.2. The maximum atomic E-state index is 12.5. The van der Waals surface area contributed by atoms with E-state index in [0.29, 0.717) is 22.9 Å². The fourth-order valence-corrected chi connectivity index (χ4v) is 3.83. The first-order valence-electron chi connectivity index (χ1n) is 9.35. The highest BCUT2D eigenvalue weighted by molar-refractivity contribution is 7.92. The lowest BCUT2D eigenvalue weighted by Crippen LogP contribution is -2.14. The lowest BCUT2D eigenvalue weighted by atomic mass is 10.0. The maximum absolute atomic E-state index is 12.5. The second-order valence-corrected chi connectivity index (χ2v) is 8.91. The van der Waals surface area contributed by atoms with Crippen molar-refractivity contribution in [1.29, 1.82) is 0 Å². The Morgan fingerprint density at radius 3 is 1.90 bits per heavy atom. The molecule has 0 radical (unpaired) electrons. The van der Waals surface area contributed by atoms with Crippen molar-refractivity contribution in [3.05, 3.63) is 89.5 Å². The third-order valence-electron chi connectivity index (χ3n) is 4.57. The molecule has 5 nitrogen and oxygen atoms in total. The van der Waals surface area contributed by atoms with E-state index in [-0.39, 0.29) is 10.8 Å². The number of benzene rings is 3. The number of carbonyl (C=O) groups excluding carboxylic acids is 1. The summed E-state index contributed by atoms with van der Waals surface area (Å²) >= 11 is 0. The van der Waals surface area contributed by atoms with Crippen LogP contribution in [0.15, 0.2) is 77.7 Å². The smallest absolute Gasteiger partial charge is 0.261 e. The molecule has 0 atom stereocenters. The van der Waals surface area contributed by atoms with Crippen LogP contribution in [0.2, 0.25) is 0 Å². The Morgan fingerprint density at radius 2 is 1.34 bits per heavy atom. The van der Waals surface area contributed by atoms with Gasteiger partial charge in [0.2, 0.25) is 0 Å². The van der Waals surface area contributed by atoms with Crippen LogP contribution in [0.1, 0.15) is 41.3 Å². The van der Waals surface area contributed by atoms with Crippen molar-refractivity contribution >= 4 is 27.3 Å². The first-order valence-corrected chi connectivity index (χ1v) is 10.8. The van der Waals surface area contributed by atoms with Crippen molar-refractivity contribution < 1.29 is 13.2 Å². The van der Waals surface area contributed by atoms with Crippen molar-refractivity contribution in [3.63, 3.8) is 0 Å². The monoisotopic (exact) mass is 408 g/mol. The Labute approximate surface area is 171 Å². The van der Waals surface area contributed by atoms with Crippen molar-refractivity contribution in [3.8, 4) is 0 Å². The van der Waals surface area contributed by atoms with Crippen LogP contribution in [0, 0.1) is 6.92 Å². The molecule has 2 N–H and O–H groups in total. The molecule has 0 fully saturated rings. The van der Waals surface area contributed by atoms with Crippen LogP contribution in [-0.2, 0) is 10.0 Å². The van der Waals surface area contributed by atoms with Crippen molar-refractivity contribution in [1.82, 2.24) is 0 Å². The quantitative estimate of drug-likeness (QED) is 0.591. The number of hydrogen-bond acceptors (Lipinski definition) is 3. The molecule has 0 unspecified atom stereocenters. The lowest BCUT2D eigenvalue weighted by Gasteiger charge is -2.10. The van der Waals surface area contributed by atoms with Crippen molar-refractivity contribution in [2.24, 2.45) is 0 Å². The minimum atomic E-state index is -3.67. The largest absolute Gasteiger partial charge is 0.322 e. The van der Waals surface area contributed by atoms with E-state index in [9.17, 15) is 13.2 Å². The summed E-state index contributed by atoms with van der Waals surface area (Å²) in [5.74, 6) is 0.172. The molecular weight excluding hydrogens is 384 g/mol. The zero-order valence-corrected chi connectivity index (χ0v) is 17.5. The van der Waals surface area contributed by atoms with Crippen LogP contribution in [0.4, 0.5) is 11.4 Å². The zero-order valence-electron chi connectivity index (χ0n) is 16.6. The molecule has 0 aliphatic carbocycles. The van der Waals surface area contributed by atoms with Crippen LogP contribution >= 0.6 is 0 Å². The van der Waals surface area contributed by atoms with E-state index in [1.165, 1.54) is 5.56 Å². The highest BCUT2D eigenvalue weighted by Crippen LogP contribution is 2.19. The van der Waals surface area contributed by atoms with E-state index >= 15 is 0 Å². The highest BCUT2D eigenvalue weighted by Gasteiger charge is 2.14. The van der Waals surface area contributed by atoms with Crippen molar-refractivity contribution in [2.75, 3.05) is 10.0 Å². The van der Waals surface area contributed by atoms with Gasteiger partial charge in [0.25, 0.3) is 15.9 Å². The first-order chi connectivity index (χ1) is 13.7. The zero-order chi connectivity index (χ0) is 21.0. The number of carbonyl (C=O) groups is 1. The molecule has 0 aromatic heterocycles. The summed E-state index contributed by atoms with van der Waals surface area (Å²) in [4.78, 5) is 12.6. The van der Waals surface area contributed by atoms with Gasteiger partial charge in [0, 0.05) is 16.9 Å². The van der Waals surface area contributed by atoms with Gasteiger partial charge in [0.1, 0.15) is 0 Å². The van der Waals surface area contributed by atoms with Gasteiger partial charge in [-0.2, -0.15) is 0 Å². The molecule has 6 heteroatoms. The van der Waals surface area contributed by atoms with Gasteiger partial charge in [-0.05, 0) is 66.9 Å². The van der Waals surface area contributed by atoms with Gasteiger partial charge in [0.05, 0.1) is 4.90 Å². The number of amides is 1. The number of nitrogens with one attached hydrogen (secondary N) is 2. The van der Waals surface area contributed by atoms with Crippen LogP contribution in [-0.4, -0.2) is 14.3 Å². The van der Waals surface area contributed by atoms with E-state index in [0.717, 1.165) is 5.56 Å². The van der Waals surface area contributed by atoms with Gasteiger partial charge in [-0.15, -0.1) is 0 Å². The van der Waals surface area contributed by atoms with Crippen LogP contribution in [0.25, 0.3) is 0 Å². The number of sulfonamides is 1. The third kappa shape index (κ3) is 5.23. The predicted octanol–water partition coefficient (Wildman–Crippen LogP) is 5.17. The van der Waals surface area contributed by atoms with Crippen LogP contribution < -0.4 is 10.0 Å². The van der Waals surface area contributed by atoms with Gasteiger partial charge in [0.15, 0.2) is 0 Å². The fraction of sp³-hybridized carbons (Fsp3) is 0.174. The summed E-state index contributed by atoms with van der Waals surface area (Å²) in [6.07, 6.45) is 0. The van der Waals surface area contributed by atoms with Gasteiger partial charge >= 0.3 is 0 Å². The first kappa shape index (κ1) is 20.6. The molecule has 0 saturated heterocycles. The minimum Gasteiger partial charge on any atom is -0.322 e. The van der Waals surface area contributed by atoms with Gasteiger partial charge < -0.3 is 5.32 Å². The Bertz CT molecular complexity index is 1090. The molecule has 0 spiro atoms. The molecule has 29 heavy (non-hydrogen) atoms. The second kappa shape index (κ2) is 8.49. The van der Waals surface area contributed by atoms with E-state index in [1.54, 1.807) is 48.5 Å². The summed E-state index contributed by atoms with van der Waals surface area (Å²) in [6.45, 7) is 6.12. The Morgan fingerprint density at radius 1 is 0.793 bits per heavy atom. The number of rotatable bonds is 6. The molecule has 0 aliphatic rings. The molecule has 0 bridgehead atoms. The second-order valence-electron chi connectivity index (χ2n) is 7.23. The summed E-state index contributed by atoms with van der Waals surface area (Å²) in [5.41, 5.74) is 3.73. The third-order valence-corrected chi connectivity index (χ3v) is 5.96. The van der Waals surface area contributed by atoms with Crippen LogP contribution in [0.5, 0.6) is 0 Å². The van der Waals surface area contributed by atoms with E-state index < -0.39 is 10.0 Å². The standard InChI is InChI=1S/C23H24N2O3S/c1-16(2)18-6-10-20(11-7-18)24-23(26)19-8-12-21(13-9-19)25-29(27,28)22-14-4-17(3)5-15-22/h4-16,25H,1-3H3,(H,24,26). The minimum absolute atomic E-state index is 0.190. The SMILES string of the molecule is Cc1ccc(S(=O)(=O)Nc2ccc(C(=O)Nc3ccc(C(C)C)cc3)cc2)cc1. The molecule has 0 aliphatic heterocycles. The lowest BCUT2D eigenvalue weighted by molar-refractivity contribution is 0.102.